The summed E-state index contributed by atoms with van der Waals surface area (Å²) in [5.41, 5.74) is 2.58. The van der Waals surface area contributed by atoms with E-state index in [-0.39, 0.29) is 8.64 Å². The maximum Gasteiger partial charge on any atom is 0.213 e. The summed E-state index contributed by atoms with van der Waals surface area (Å²) in [6.07, 6.45) is 2.80. The van der Waals surface area contributed by atoms with E-state index in [4.69, 9.17) is 0 Å². The average molecular weight is 329 g/mol. The highest BCUT2D eigenvalue weighted by molar-refractivity contribution is 6.09. The molecular weight excluding hydrogens is 302 g/mol. The maximum absolute atomic E-state index is 12.9. The molecule has 6 nitrogen and oxygen atoms in total. The zero-order valence-corrected chi connectivity index (χ0v) is 14.2. The van der Waals surface area contributed by atoms with Gasteiger partial charge in [0.05, 0.1) is 11.9 Å². The zero-order chi connectivity index (χ0) is 16.9. The fourth-order valence-electron chi connectivity index (χ4n) is 2.84. The van der Waals surface area contributed by atoms with Crippen LogP contribution >= 0.6 is 0 Å². The molecule has 24 heavy (non-hydrogen) atoms. The molecule has 130 valence electrons. The van der Waals surface area contributed by atoms with Crippen molar-refractivity contribution in [2.24, 2.45) is 0 Å². The van der Waals surface area contributed by atoms with Crippen molar-refractivity contribution in [3.63, 3.8) is 0 Å². The second-order valence-electron chi connectivity index (χ2n) is 5.91. The average Bonchev–Trinajstić information content (AvgIpc) is 2.91. The Morgan fingerprint density at radius 1 is 1.33 bits per heavy atom. The third kappa shape index (κ3) is 3.54. The predicted molar refractivity (Wildman–Crippen MR) is 100 cm³/mol. The molecule has 0 radical (unpaired) electrons. The Balaban J connectivity index is 0.00000169. The van der Waals surface area contributed by atoms with Crippen molar-refractivity contribution < 1.29 is 7.65 Å². The van der Waals surface area contributed by atoms with E-state index < -0.39 is 0 Å². The van der Waals surface area contributed by atoms with E-state index in [2.05, 4.69) is 25.5 Å². The summed E-state index contributed by atoms with van der Waals surface area (Å²) in [5, 5.41) is 6.40. The highest BCUT2D eigenvalue weighted by atomic mass is 16.1. The van der Waals surface area contributed by atoms with Crippen LogP contribution in [-0.4, -0.2) is 49.0 Å². The Bertz CT molecular complexity index is 733. The molecule has 1 aliphatic heterocycles. The molecule has 2 aromatic rings. The van der Waals surface area contributed by atoms with Gasteiger partial charge < -0.3 is 15.5 Å². The molecule has 0 aromatic carbocycles. The number of nitrogens with zero attached hydrogens (tertiary/aromatic N) is 3. The van der Waals surface area contributed by atoms with Crippen LogP contribution in [0, 0.1) is 6.92 Å². The number of pyridine rings is 2. The first-order chi connectivity index (χ1) is 11.7. The van der Waals surface area contributed by atoms with Crippen LogP contribution in [-0.2, 0) is 0 Å². The monoisotopic (exact) mass is 329 g/mol. The predicted octanol–water partition coefficient (Wildman–Crippen LogP) is 2.35. The van der Waals surface area contributed by atoms with E-state index >= 15 is 0 Å². The lowest BCUT2D eigenvalue weighted by molar-refractivity contribution is 0.103. The summed E-state index contributed by atoms with van der Waals surface area (Å²) in [6, 6.07) is 7.47. The van der Waals surface area contributed by atoms with E-state index in [0.717, 1.165) is 44.1 Å². The lowest BCUT2D eigenvalue weighted by Gasteiger charge is -2.21. The number of aromatic nitrogens is 2. The first-order valence-electron chi connectivity index (χ1n) is 8.31. The van der Waals surface area contributed by atoms with Gasteiger partial charge >= 0.3 is 0 Å². The molecule has 2 N–H and O–H groups in total. The number of anilines is 2. The molecular formula is C18H27N5O. The van der Waals surface area contributed by atoms with Crippen molar-refractivity contribution in [3.05, 3.63) is 47.4 Å². The zero-order valence-electron chi connectivity index (χ0n) is 14.2. The molecule has 0 unspecified atom stereocenters. The van der Waals surface area contributed by atoms with Crippen LogP contribution < -0.4 is 15.5 Å². The van der Waals surface area contributed by atoms with E-state index in [1.54, 1.807) is 12.3 Å². The molecule has 0 bridgehead atoms. The number of ketones is 1. The molecule has 3 rings (SSSR count). The second kappa shape index (κ2) is 7.40. The SMILES string of the molecule is CNc1cnc(C)c(C(=O)c2cccc(N3CCCNCC3)n2)c1.[HH].[HH]. The lowest BCUT2D eigenvalue weighted by atomic mass is 10.1. The first-order valence-corrected chi connectivity index (χ1v) is 8.31. The summed E-state index contributed by atoms with van der Waals surface area (Å²) in [6.45, 7) is 5.66. The van der Waals surface area contributed by atoms with Gasteiger partial charge in [0.1, 0.15) is 11.5 Å². The standard InChI is InChI=1S/C18H23N5O.2H2/c1-13-15(11-14(19-2)12-21-13)18(24)16-5-3-6-17(22-16)23-9-4-7-20-8-10-23;;/h3,5-6,11-12,19-20H,4,7-10H2,1-2H3;2*1H. The lowest BCUT2D eigenvalue weighted by Crippen LogP contribution is -2.29. The van der Waals surface area contributed by atoms with Crippen LogP contribution in [0.4, 0.5) is 11.5 Å². The van der Waals surface area contributed by atoms with Crippen molar-refractivity contribution in [1.82, 2.24) is 15.3 Å². The van der Waals surface area contributed by atoms with E-state index in [9.17, 15) is 4.79 Å². The van der Waals surface area contributed by atoms with Crippen LogP contribution in [0.3, 0.4) is 0 Å². The van der Waals surface area contributed by atoms with Crippen molar-refractivity contribution in [2.75, 3.05) is 43.4 Å². The van der Waals surface area contributed by atoms with Crippen molar-refractivity contribution >= 4 is 17.3 Å². The molecule has 0 spiro atoms. The van der Waals surface area contributed by atoms with Gasteiger partial charge in [0.15, 0.2) is 0 Å². The summed E-state index contributed by atoms with van der Waals surface area (Å²) in [4.78, 5) is 24.0. The largest absolute Gasteiger partial charge is 0.387 e. The number of carbonyl (C=O) groups excluding carboxylic acids is 1. The molecule has 0 saturated carbocycles. The van der Waals surface area contributed by atoms with E-state index in [1.165, 1.54) is 0 Å². The topological polar surface area (TPSA) is 70.2 Å². The molecule has 0 aliphatic carbocycles. The van der Waals surface area contributed by atoms with Crippen LogP contribution in [0.25, 0.3) is 0 Å². The van der Waals surface area contributed by atoms with Crippen LogP contribution in [0.15, 0.2) is 30.5 Å². The van der Waals surface area contributed by atoms with Crippen molar-refractivity contribution in [2.45, 2.75) is 13.3 Å². The van der Waals surface area contributed by atoms with Gasteiger partial charge in [-0.1, -0.05) is 6.07 Å². The maximum atomic E-state index is 12.9. The van der Waals surface area contributed by atoms with Gasteiger partial charge in [0, 0.05) is 40.8 Å². The summed E-state index contributed by atoms with van der Waals surface area (Å²) >= 11 is 0. The Kier molecular flexibility index (Phi) is 5.05. The number of carbonyl (C=O) groups is 1. The minimum Gasteiger partial charge on any atom is -0.387 e. The summed E-state index contributed by atoms with van der Waals surface area (Å²) in [7, 11) is 1.81. The van der Waals surface area contributed by atoms with Gasteiger partial charge in [-0.25, -0.2) is 4.98 Å². The molecule has 0 atom stereocenters. The fourth-order valence-corrected chi connectivity index (χ4v) is 2.84. The fraction of sp³-hybridized carbons (Fsp3) is 0.389. The second-order valence-corrected chi connectivity index (χ2v) is 5.91. The normalized spacial score (nSPS) is 15.0. The molecule has 3 heterocycles. The Morgan fingerprint density at radius 3 is 3.04 bits per heavy atom. The number of hydrogen-bond acceptors (Lipinski definition) is 6. The van der Waals surface area contributed by atoms with Crippen molar-refractivity contribution in [3.8, 4) is 0 Å². The minimum atomic E-state index is -0.0908. The molecule has 2 aromatic heterocycles. The van der Waals surface area contributed by atoms with E-state index in [0.29, 0.717) is 17.0 Å². The first kappa shape index (κ1) is 16.4. The van der Waals surface area contributed by atoms with Gasteiger partial charge in [-0.05, 0) is 38.1 Å². The minimum absolute atomic E-state index is 0. The molecule has 1 aliphatic rings. The van der Waals surface area contributed by atoms with Gasteiger partial charge in [0.25, 0.3) is 0 Å². The van der Waals surface area contributed by atoms with Gasteiger partial charge in [-0.2, -0.15) is 0 Å². The molecule has 6 heteroatoms. The Morgan fingerprint density at radius 2 is 2.21 bits per heavy atom. The Labute approximate surface area is 145 Å². The molecule has 1 fully saturated rings. The van der Waals surface area contributed by atoms with Crippen LogP contribution in [0.5, 0.6) is 0 Å². The van der Waals surface area contributed by atoms with E-state index in [1.807, 2.05) is 32.2 Å². The highest BCUT2D eigenvalue weighted by Gasteiger charge is 2.17. The van der Waals surface area contributed by atoms with Crippen molar-refractivity contribution in [1.29, 1.82) is 0 Å². The number of rotatable bonds is 4. The quantitative estimate of drug-likeness (QED) is 0.839. The third-order valence-electron chi connectivity index (χ3n) is 4.25. The van der Waals surface area contributed by atoms with Crippen LogP contribution in [0.1, 0.15) is 31.0 Å². The summed E-state index contributed by atoms with van der Waals surface area (Å²) in [5.74, 6) is 0.770. The Hall–Kier alpha value is -2.47. The molecule has 1 saturated heterocycles. The number of hydrogen-bond donors (Lipinski definition) is 2. The van der Waals surface area contributed by atoms with Gasteiger partial charge in [-0.3, -0.25) is 9.78 Å². The highest BCUT2D eigenvalue weighted by Crippen LogP contribution is 2.18. The summed E-state index contributed by atoms with van der Waals surface area (Å²) < 4.78 is 0. The third-order valence-corrected chi connectivity index (χ3v) is 4.25. The van der Waals surface area contributed by atoms with Gasteiger partial charge in [0.2, 0.25) is 5.78 Å². The molecule has 0 amide bonds. The number of nitrogens with one attached hydrogen (secondary N) is 2. The smallest absolute Gasteiger partial charge is 0.213 e. The van der Waals surface area contributed by atoms with Crippen LogP contribution in [0.2, 0.25) is 0 Å². The van der Waals surface area contributed by atoms with Gasteiger partial charge in [-0.15, -0.1) is 0 Å². The number of aryl methyl sites for hydroxylation is 1.